The van der Waals surface area contributed by atoms with E-state index in [2.05, 4.69) is 14.5 Å². The van der Waals surface area contributed by atoms with Gasteiger partial charge in [0.05, 0.1) is 10.9 Å². The molecule has 0 radical (unpaired) electrons. The highest BCUT2D eigenvalue weighted by Gasteiger charge is 2.22. The minimum Gasteiger partial charge on any atom is -0.381 e. The Bertz CT molecular complexity index is 564. The summed E-state index contributed by atoms with van der Waals surface area (Å²) in [4.78, 5) is 8.90. The van der Waals surface area contributed by atoms with Crippen molar-refractivity contribution in [2.24, 2.45) is 0 Å². The van der Waals surface area contributed by atoms with Gasteiger partial charge in [0.2, 0.25) is 0 Å². The van der Waals surface area contributed by atoms with E-state index in [9.17, 15) is 0 Å². The van der Waals surface area contributed by atoms with E-state index in [1.807, 2.05) is 6.07 Å². The molecule has 0 aliphatic carbocycles. The molecule has 2 aromatic heterocycles. The number of halogens is 2. The van der Waals surface area contributed by atoms with Crippen LogP contribution in [0.2, 0.25) is 5.02 Å². The van der Waals surface area contributed by atoms with E-state index < -0.39 is 0 Å². The molecule has 18 heavy (non-hydrogen) atoms. The van der Waals surface area contributed by atoms with Crippen molar-refractivity contribution < 1.29 is 4.74 Å². The van der Waals surface area contributed by atoms with Gasteiger partial charge in [0.15, 0.2) is 5.65 Å². The molecule has 0 saturated carbocycles. The van der Waals surface area contributed by atoms with Crippen LogP contribution >= 0.6 is 23.2 Å². The lowest BCUT2D eigenvalue weighted by Gasteiger charge is -2.24. The van der Waals surface area contributed by atoms with Gasteiger partial charge >= 0.3 is 0 Å². The lowest BCUT2D eigenvalue weighted by Crippen LogP contribution is -2.21. The highest BCUT2D eigenvalue weighted by Crippen LogP contribution is 2.28. The Labute approximate surface area is 115 Å². The first-order valence-electron chi connectivity index (χ1n) is 5.95. The van der Waals surface area contributed by atoms with E-state index in [1.165, 1.54) is 0 Å². The predicted molar refractivity (Wildman–Crippen MR) is 71.2 cm³/mol. The summed E-state index contributed by atoms with van der Waals surface area (Å²) in [6.07, 6.45) is 3.60. The van der Waals surface area contributed by atoms with Gasteiger partial charge in [-0.3, -0.25) is 0 Å². The third kappa shape index (κ3) is 2.09. The predicted octanol–water partition coefficient (Wildman–Crippen LogP) is 3.18. The number of imidazole rings is 1. The first-order valence-corrected chi connectivity index (χ1v) is 6.87. The number of pyridine rings is 1. The SMILES string of the molecule is ClCc1nc2cc(Cl)cnc2n1C1CCOCC1. The Morgan fingerprint density at radius 3 is 2.89 bits per heavy atom. The number of fused-ring (bicyclic) bond motifs is 1. The van der Waals surface area contributed by atoms with Gasteiger partial charge in [-0.1, -0.05) is 11.6 Å². The van der Waals surface area contributed by atoms with Crippen LogP contribution < -0.4 is 0 Å². The minimum atomic E-state index is 0.367. The van der Waals surface area contributed by atoms with Crippen molar-refractivity contribution in [3.05, 3.63) is 23.1 Å². The Morgan fingerprint density at radius 1 is 1.39 bits per heavy atom. The van der Waals surface area contributed by atoms with Gasteiger partial charge < -0.3 is 9.30 Å². The van der Waals surface area contributed by atoms with Gasteiger partial charge in [-0.25, -0.2) is 9.97 Å². The Morgan fingerprint density at radius 2 is 2.17 bits per heavy atom. The lowest BCUT2D eigenvalue weighted by atomic mass is 10.1. The summed E-state index contributed by atoms with van der Waals surface area (Å²) in [6, 6.07) is 2.20. The van der Waals surface area contributed by atoms with Crippen molar-refractivity contribution in [2.75, 3.05) is 13.2 Å². The van der Waals surface area contributed by atoms with Crippen LogP contribution in [-0.2, 0) is 10.6 Å². The highest BCUT2D eigenvalue weighted by atomic mass is 35.5. The Balaban J connectivity index is 2.12. The second kappa shape index (κ2) is 5.03. The fraction of sp³-hybridized carbons (Fsp3) is 0.500. The molecule has 0 bridgehead atoms. The molecule has 1 fully saturated rings. The molecule has 6 heteroatoms. The molecule has 96 valence electrons. The van der Waals surface area contributed by atoms with E-state index in [0.29, 0.717) is 16.9 Å². The average molecular weight is 286 g/mol. The number of hydrogen-bond acceptors (Lipinski definition) is 3. The normalized spacial score (nSPS) is 17.4. The van der Waals surface area contributed by atoms with E-state index >= 15 is 0 Å². The average Bonchev–Trinajstić information content (AvgIpc) is 2.77. The van der Waals surface area contributed by atoms with Gasteiger partial charge in [-0.15, -0.1) is 11.6 Å². The van der Waals surface area contributed by atoms with Crippen molar-refractivity contribution in [3.8, 4) is 0 Å². The fourth-order valence-corrected chi connectivity index (χ4v) is 2.77. The number of aromatic nitrogens is 3. The zero-order valence-electron chi connectivity index (χ0n) is 9.77. The summed E-state index contributed by atoms with van der Waals surface area (Å²) in [6.45, 7) is 1.55. The molecule has 1 saturated heterocycles. The molecule has 0 atom stereocenters. The van der Waals surface area contributed by atoms with Gasteiger partial charge in [-0.2, -0.15) is 0 Å². The number of alkyl halides is 1. The Kier molecular flexibility index (Phi) is 3.41. The Hall–Kier alpha value is -0.840. The summed E-state index contributed by atoms with van der Waals surface area (Å²) >= 11 is 11.9. The molecule has 1 aliphatic heterocycles. The smallest absolute Gasteiger partial charge is 0.160 e. The summed E-state index contributed by atoms with van der Waals surface area (Å²) in [5.41, 5.74) is 1.67. The topological polar surface area (TPSA) is 39.9 Å². The largest absolute Gasteiger partial charge is 0.381 e. The molecule has 0 aromatic carbocycles. The minimum absolute atomic E-state index is 0.367. The number of ether oxygens (including phenoxy) is 1. The summed E-state index contributed by atoms with van der Waals surface area (Å²) < 4.78 is 7.53. The fourth-order valence-electron chi connectivity index (χ4n) is 2.43. The molecule has 0 N–H and O–H groups in total. The van der Waals surface area contributed by atoms with E-state index in [0.717, 1.165) is 43.0 Å². The summed E-state index contributed by atoms with van der Waals surface area (Å²) in [5, 5.41) is 0.597. The summed E-state index contributed by atoms with van der Waals surface area (Å²) in [5.74, 6) is 1.24. The first kappa shape index (κ1) is 12.2. The zero-order valence-corrected chi connectivity index (χ0v) is 11.3. The van der Waals surface area contributed by atoms with Crippen LogP contribution in [0.25, 0.3) is 11.2 Å². The van der Waals surface area contributed by atoms with Crippen LogP contribution in [0.1, 0.15) is 24.7 Å². The van der Waals surface area contributed by atoms with Crippen molar-refractivity contribution >= 4 is 34.4 Å². The van der Waals surface area contributed by atoms with E-state index in [1.54, 1.807) is 6.20 Å². The van der Waals surface area contributed by atoms with Crippen LogP contribution in [0.4, 0.5) is 0 Å². The van der Waals surface area contributed by atoms with Crippen molar-refractivity contribution in [2.45, 2.75) is 24.8 Å². The quantitative estimate of drug-likeness (QED) is 0.796. The molecule has 3 heterocycles. The molecular formula is C12H13Cl2N3O. The van der Waals surface area contributed by atoms with Crippen LogP contribution in [-0.4, -0.2) is 27.7 Å². The molecule has 0 amide bonds. The maximum Gasteiger partial charge on any atom is 0.160 e. The van der Waals surface area contributed by atoms with Crippen LogP contribution in [0, 0.1) is 0 Å². The lowest BCUT2D eigenvalue weighted by molar-refractivity contribution is 0.0699. The number of nitrogens with zero attached hydrogens (tertiary/aromatic N) is 3. The van der Waals surface area contributed by atoms with Gasteiger partial charge in [-0.05, 0) is 18.9 Å². The van der Waals surface area contributed by atoms with E-state index in [4.69, 9.17) is 27.9 Å². The zero-order chi connectivity index (χ0) is 12.5. The monoisotopic (exact) mass is 285 g/mol. The maximum absolute atomic E-state index is 5.99. The van der Waals surface area contributed by atoms with Crippen LogP contribution in [0.5, 0.6) is 0 Å². The number of hydrogen-bond donors (Lipinski definition) is 0. The highest BCUT2D eigenvalue weighted by molar-refractivity contribution is 6.31. The molecule has 2 aromatic rings. The van der Waals surface area contributed by atoms with Gasteiger partial charge in [0.25, 0.3) is 0 Å². The molecule has 0 spiro atoms. The van der Waals surface area contributed by atoms with E-state index in [-0.39, 0.29) is 0 Å². The van der Waals surface area contributed by atoms with Crippen molar-refractivity contribution in [3.63, 3.8) is 0 Å². The van der Waals surface area contributed by atoms with Crippen molar-refractivity contribution in [1.29, 1.82) is 0 Å². The standard InChI is InChI=1S/C12H13Cl2N3O/c13-6-11-16-10-5-8(14)7-15-12(10)17(11)9-1-3-18-4-2-9/h5,7,9H,1-4,6H2. The van der Waals surface area contributed by atoms with Gasteiger partial charge in [0, 0.05) is 25.5 Å². The molecular weight excluding hydrogens is 273 g/mol. The molecule has 0 unspecified atom stereocenters. The molecule has 1 aliphatic rings. The van der Waals surface area contributed by atoms with Gasteiger partial charge in [0.1, 0.15) is 11.3 Å². The third-order valence-electron chi connectivity index (χ3n) is 3.25. The maximum atomic E-state index is 5.99. The molecule has 4 nitrogen and oxygen atoms in total. The van der Waals surface area contributed by atoms with Crippen LogP contribution in [0.15, 0.2) is 12.3 Å². The first-order chi connectivity index (χ1) is 8.79. The second-order valence-corrected chi connectivity index (χ2v) is 5.08. The number of rotatable bonds is 2. The third-order valence-corrected chi connectivity index (χ3v) is 3.69. The summed E-state index contributed by atoms with van der Waals surface area (Å²) in [7, 11) is 0. The van der Waals surface area contributed by atoms with Crippen LogP contribution in [0.3, 0.4) is 0 Å². The second-order valence-electron chi connectivity index (χ2n) is 4.37. The molecule has 3 rings (SSSR count). The van der Waals surface area contributed by atoms with Crippen molar-refractivity contribution in [1.82, 2.24) is 14.5 Å².